The Morgan fingerprint density at radius 3 is 2.38 bits per heavy atom. The van der Waals surface area contributed by atoms with Crippen LogP contribution in [-0.2, 0) is 9.59 Å². The minimum absolute atomic E-state index is 0.0142. The highest BCUT2D eigenvalue weighted by Crippen LogP contribution is 2.42. The first-order valence-electron chi connectivity index (χ1n) is 12.9. The maximum absolute atomic E-state index is 13.5. The summed E-state index contributed by atoms with van der Waals surface area (Å²) in [5.74, 6) is -0.257. The quantitative estimate of drug-likeness (QED) is 0.177. The van der Waals surface area contributed by atoms with Gasteiger partial charge in [-0.1, -0.05) is 19.1 Å². The van der Waals surface area contributed by atoms with Gasteiger partial charge in [0.25, 0.3) is 5.78 Å². The molecular formula is C31H31N3O5. The summed E-state index contributed by atoms with van der Waals surface area (Å²) < 4.78 is 11.1. The normalized spacial score (nSPS) is 16.7. The Balaban J connectivity index is 1.67. The van der Waals surface area contributed by atoms with Crippen LogP contribution in [0.4, 0.5) is 5.95 Å². The van der Waals surface area contributed by atoms with Gasteiger partial charge in [0, 0.05) is 5.56 Å². The second-order valence-electron chi connectivity index (χ2n) is 9.79. The number of aliphatic hydroxyl groups is 1. The second kappa shape index (κ2) is 10.3. The lowest BCUT2D eigenvalue weighted by Crippen LogP contribution is -2.30. The van der Waals surface area contributed by atoms with Crippen LogP contribution in [0, 0.1) is 20.8 Å². The molecule has 0 spiro atoms. The molecule has 1 atom stereocenters. The zero-order valence-corrected chi connectivity index (χ0v) is 22.7. The molecule has 1 unspecified atom stereocenters. The van der Waals surface area contributed by atoms with Crippen LogP contribution in [0.5, 0.6) is 11.5 Å². The lowest BCUT2D eigenvalue weighted by molar-refractivity contribution is -0.132. The number of anilines is 1. The number of aliphatic hydroxyl groups excluding tert-OH is 1. The van der Waals surface area contributed by atoms with E-state index in [1.54, 1.807) is 49.6 Å². The highest BCUT2D eigenvalue weighted by Gasteiger charge is 2.48. The third kappa shape index (κ3) is 4.63. The predicted molar refractivity (Wildman–Crippen MR) is 150 cm³/mol. The summed E-state index contributed by atoms with van der Waals surface area (Å²) in [5, 5.41) is 11.5. The molecule has 0 saturated carbocycles. The van der Waals surface area contributed by atoms with Crippen LogP contribution in [0.3, 0.4) is 0 Å². The lowest BCUT2D eigenvalue weighted by Gasteiger charge is -2.23. The molecule has 5 rings (SSSR count). The van der Waals surface area contributed by atoms with Gasteiger partial charge in [0.15, 0.2) is 0 Å². The number of ether oxygens (including phenoxy) is 2. The van der Waals surface area contributed by atoms with Gasteiger partial charge >= 0.3 is 5.91 Å². The van der Waals surface area contributed by atoms with Crippen molar-refractivity contribution in [3.05, 3.63) is 88.0 Å². The molecule has 1 aromatic heterocycles. The van der Waals surface area contributed by atoms with E-state index in [1.165, 1.54) is 4.90 Å². The summed E-state index contributed by atoms with van der Waals surface area (Å²) in [7, 11) is 1.57. The van der Waals surface area contributed by atoms with Gasteiger partial charge < -0.3 is 19.6 Å². The molecule has 8 heteroatoms. The van der Waals surface area contributed by atoms with Crippen LogP contribution in [0.15, 0.2) is 60.2 Å². The molecule has 0 bridgehead atoms. The topological polar surface area (TPSA) is 105 Å². The van der Waals surface area contributed by atoms with Crippen molar-refractivity contribution in [2.45, 2.75) is 40.2 Å². The van der Waals surface area contributed by atoms with Gasteiger partial charge in [-0.15, -0.1) is 0 Å². The first-order valence-corrected chi connectivity index (χ1v) is 12.9. The minimum Gasteiger partial charge on any atom is -0.507 e. The van der Waals surface area contributed by atoms with E-state index < -0.39 is 17.7 Å². The number of aryl methyl sites for hydroxylation is 3. The summed E-state index contributed by atoms with van der Waals surface area (Å²) in [4.78, 5) is 36.3. The molecule has 4 aromatic rings. The number of hydrogen-bond acceptors (Lipinski definition) is 6. The molecule has 1 aliphatic rings. The fourth-order valence-electron chi connectivity index (χ4n) is 4.85. The number of aromatic nitrogens is 2. The van der Waals surface area contributed by atoms with Gasteiger partial charge in [-0.05, 0) is 91.9 Å². The minimum atomic E-state index is -0.907. The number of H-pyrrole nitrogens is 1. The van der Waals surface area contributed by atoms with Crippen molar-refractivity contribution in [2.24, 2.45) is 0 Å². The van der Waals surface area contributed by atoms with E-state index in [0.29, 0.717) is 34.7 Å². The smallest absolute Gasteiger partial charge is 0.302 e. The van der Waals surface area contributed by atoms with E-state index >= 15 is 0 Å². The third-order valence-corrected chi connectivity index (χ3v) is 7.10. The zero-order valence-electron chi connectivity index (χ0n) is 22.7. The SMILES string of the molecule is CCCOc1ccc(/C(O)=C2\C(=O)C(=O)N(c3nc4cc(C)c(C)cc4[nH]3)C2c2ccc(OC)cc2)cc1C. The molecule has 8 nitrogen and oxygen atoms in total. The van der Waals surface area contributed by atoms with Crippen LogP contribution < -0.4 is 14.4 Å². The Kier molecular flexibility index (Phi) is 6.87. The number of nitrogens with one attached hydrogen (secondary N) is 1. The molecule has 3 aromatic carbocycles. The van der Waals surface area contributed by atoms with Crippen molar-refractivity contribution >= 4 is 34.4 Å². The number of ketones is 1. The molecule has 200 valence electrons. The van der Waals surface area contributed by atoms with Crippen molar-refractivity contribution in [1.82, 2.24) is 9.97 Å². The van der Waals surface area contributed by atoms with Crippen molar-refractivity contribution in [3.8, 4) is 11.5 Å². The lowest BCUT2D eigenvalue weighted by atomic mass is 9.95. The fourth-order valence-corrected chi connectivity index (χ4v) is 4.85. The highest BCUT2D eigenvalue weighted by atomic mass is 16.5. The number of fused-ring (bicyclic) bond motifs is 1. The molecule has 0 aliphatic carbocycles. The number of amides is 1. The first-order chi connectivity index (χ1) is 18.7. The number of carbonyl (C=O) groups excluding carboxylic acids is 2. The first kappa shape index (κ1) is 26.0. The Morgan fingerprint density at radius 1 is 1.00 bits per heavy atom. The molecule has 1 fully saturated rings. The molecular weight excluding hydrogens is 494 g/mol. The van der Waals surface area contributed by atoms with Gasteiger partial charge in [-0.25, -0.2) is 4.98 Å². The Labute approximate surface area is 226 Å². The monoisotopic (exact) mass is 525 g/mol. The van der Waals surface area contributed by atoms with Crippen LogP contribution in [-0.4, -0.2) is 40.5 Å². The number of aromatic amines is 1. The van der Waals surface area contributed by atoms with Crippen molar-refractivity contribution in [2.75, 3.05) is 18.6 Å². The summed E-state index contributed by atoms with van der Waals surface area (Å²) >= 11 is 0. The largest absolute Gasteiger partial charge is 0.507 e. The average Bonchev–Trinajstić information content (AvgIpc) is 3.45. The number of nitrogens with zero attached hydrogens (tertiary/aromatic N) is 2. The summed E-state index contributed by atoms with van der Waals surface area (Å²) in [5.41, 5.74) is 5.42. The number of methoxy groups -OCH3 is 1. The number of carbonyl (C=O) groups is 2. The Morgan fingerprint density at radius 2 is 1.72 bits per heavy atom. The van der Waals surface area contributed by atoms with Crippen LogP contribution in [0.25, 0.3) is 16.8 Å². The maximum atomic E-state index is 13.5. The van der Waals surface area contributed by atoms with Crippen LogP contribution in [0.2, 0.25) is 0 Å². The fraction of sp³-hybridized carbons (Fsp3) is 0.258. The second-order valence-corrected chi connectivity index (χ2v) is 9.79. The molecule has 2 heterocycles. The van der Waals surface area contributed by atoms with Crippen molar-refractivity contribution in [1.29, 1.82) is 0 Å². The van der Waals surface area contributed by atoms with Gasteiger partial charge in [-0.3, -0.25) is 14.5 Å². The summed E-state index contributed by atoms with van der Waals surface area (Å²) in [6, 6.07) is 15.3. The van der Waals surface area contributed by atoms with Gasteiger partial charge in [-0.2, -0.15) is 0 Å². The highest BCUT2D eigenvalue weighted by molar-refractivity contribution is 6.51. The van der Waals surface area contributed by atoms with Gasteiger partial charge in [0.2, 0.25) is 5.95 Å². The molecule has 2 N–H and O–H groups in total. The molecule has 0 radical (unpaired) electrons. The maximum Gasteiger partial charge on any atom is 0.302 e. The van der Waals surface area contributed by atoms with E-state index in [9.17, 15) is 14.7 Å². The molecule has 1 saturated heterocycles. The van der Waals surface area contributed by atoms with E-state index in [0.717, 1.165) is 28.6 Å². The number of benzene rings is 3. The summed E-state index contributed by atoms with van der Waals surface area (Å²) in [6.07, 6.45) is 0.868. The van der Waals surface area contributed by atoms with E-state index in [4.69, 9.17) is 9.47 Å². The van der Waals surface area contributed by atoms with Crippen LogP contribution in [0.1, 0.15) is 47.2 Å². The van der Waals surface area contributed by atoms with E-state index in [-0.39, 0.29) is 17.3 Å². The molecule has 1 aliphatic heterocycles. The van der Waals surface area contributed by atoms with Gasteiger partial charge in [0.1, 0.15) is 17.3 Å². The number of Topliss-reactive ketones (excluding diaryl/α,β-unsaturated/α-hetero) is 1. The van der Waals surface area contributed by atoms with E-state index in [2.05, 4.69) is 9.97 Å². The Bertz CT molecular complexity index is 1580. The number of rotatable bonds is 7. The number of imidazole rings is 1. The zero-order chi connectivity index (χ0) is 27.8. The average molecular weight is 526 g/mol. The Hall–Kier alpha value is -4.59. The standard InChI is InChI=1S/C31H31N3O5/c1-6-13-39-25-12-9-21(14-19(25)4)28(35)26-27(20-7-10-22(38-5)11-8-20)34(30(37)29(26)36)31-32-23-15-17(2)18(3)16-24(23)33-31/h7-12,14-16,27,35H,6,13H2,1-5H3,(H,32,33)/b28-26+. The molecule has 39 heavy (non-hydrogen) atoms. The molecule has 1 amide bonds. The van der Waals surface area contributed by atoms with Crippen molar-refractivity contribution in [3.63, 3.8) is 0 Å². The number of hydrogen-bond donors (Lipinski definition) is 2. The summed E-state index contributed by atoms with van der Waals surface area (Å²) in [6.45, 7) is 8.47. The third-order valence-electron chi connectivity index (χ3n) is 7.10. The van der Waals surface area contributed by atoms with Crippen LogP contribution >= 0.6 is 0 Å². The van der Waals surface area contributed by atoms with Gasteiger partial charge in [0.05, 0.1) is 36.4 Å². The van der Waals surface area contributed by atoms with E-state index in [1.807, 2.05) is 39.8 Å². The van der Waals surface area contributed by atoms with Crippen molar-refractivity contribution < 1.29 is 24.2 Å². The predicted octanol–water partition coefficient (Wildman–Crippen LogP) is 5.91.